The number of para-hydroxylation sites is 1. The number of thiazole rings is 1. The lowest BCUT2D eigenvalue weighted by Gasteiger charge is -2.08. The Kier molecular flexibility index (Phi) is 4.21. The number of ether oxygens (including phenoxy) is 1. The van der Waals surface area contributed by atoms with E-state index >= 15 is 0 Å². The number of hydrogen-bond donors (Lipinski definition) is 0. The summed E-state index contributed by atoms with van der Waals surface area (Å²) in [7, 11) is 0. The second-order valence-electron chi connectivity index (χ2n) is 5.16. The van der Waals surface area contributed by atoms with E-state index in [0.29, 0.717) is 10.8 Å². The number of nitrogens with zero attached hydrogens (tertiary/aromatic N) is 1. The van der Waals surface area contributed by atoms with E-state index in [-0.39, 0.29) is 11.5 Å². The summed E-state index contributed by atoms with van der Waals surface area (Å²) in [5.74, 6) is -0.235. The molecule has 0 aliphatic rings. The minimum Gasteiger partial charge on any atom is -0.421 e. The zero-order chi connectivity index (χ0) is 16.4. The average molecular weight is 327 g/mol. The van der Waals surface area contributed by atoms with Crippen LogP contribution in [-0.4, -0.2) is 11.0 Å². The Balaban J connectivity index is 1.83. The molecule has 3 rings (SSSR count). The lowest BCUT2D eigenvalue weighted by atomic mass is 10.1. The lowest BCUT2D eigenvalue weighted by molar-refractivity contribution is 0.0727. The average Bonchev–Trinajstić information content (AvgIpc) is 3.02. The van der Waals surface area contributed by atoms with Crippen LogP contribution in [0.5, 0.6) is 5.75 Å². The fourth-order valence-corrected chi connectivity index (χ4v) is 2.99. The number of hydrogen-bond acceptors (Lipinski definition) is 4. The number of aryl methyl sites for hydroxylation is 2. The van der Waals surface area contributed by atoms with Gasteiger partial charge in [0.2, 0.25) is 0 Å². The van der Waals surface area contributed by atoms with Gasteiger partial charge in [-0.2, -0.15) is 0 Å². The smallest absolute Gasteiger partial charge is 0.363 e. The molecule has 23 heavy (non-hydrogen) atoms. The summed E-state index contributed by atoms with van der Waals surface area (Å²) in [6.07, 6.45) is 0. The molecule has 0 bridgehead atoms. The molecule has 0 aliphatic heterocycles. The van der Waals surface area contributed by atoms with Crippen molar-refractivity contribution in [1.82, 2.24) is 4.98 Å². The predicted octanol–water partition coefficient (Wildman–Crippen LogP) is 4.79. The van der Waals surface area contributed by atoms with Crippen molar-refractivity contribution in [1.29, 1.82) is 0 Å². The van der Waals surface area contributed by atoms with Crippen LogP contribution in [0.25, 0.3) is 10.6 Å². The largest absolute Gasteiger partial charge is 0.421 e. The molecule has 0 unspecified atom stereocenters. The van der Waals surface area contributed by atoms with E-state index < -0.39 is 5.97 Å². The first-order chi connectivity index (χ1) is 11.0. The third-order valence-electron chi connectivity index (χ3n) is 3.41. The van der Waals surface area contributed by atoms with Gasteiger partial charge in [-0.15, -0.1) is 11.3 Å². The molecule has 2 aromatic carbocycles. The first-order valence-corrected chi connectivity index (χ1v) is 7.92. The number of carbonyl (C=O) groups is 1. The van der Waals surface area contributed by atoms with Gasteiger partial charge < -0.3 is 4.74 Å². The van der Waals surface area contributed by atoms with Gasteiger partial charge in [-0.3, -0.25) is 0 Å². The minimum atomic E-state index is -0.494. The van der Waals surface area contributed by atoms with Crippen LogP contribution in [0, 0.1) is 19.7 Å². The van der Waals surface area contributed by atoms with Crippen LogP contribution in [0.15, 0.2) is 47.8 Å². The van der Waals surface area contributed by atoms with E-state index in [1.54, 1.807) is 17.5 Å². The number of benzene rings is 2. The summed E-state index contributed by atoms with van der Waals surface area (Å²) in [6, 6.07) is 11.7. The highest BCUT2D eigenvalue weighted by molar-refractivity contribution is 7.13. The lowest BCUT2D eigenvalue weighted by Crippen LogP contribution is -2.10. The molecule has 0 fully saturated rings. The number of carbonyl (C=O) groups excluding carboxylic acids is 1. The Bertz CT molecular complexity index is 835. The van der Waals surface area contributed by atoms with Gasteiger partial charge in [-0.1, -0.05) is 18.2 Å². The second-order valence-corrected chi connectivity index (χ2v) is 6.01. The molecule has 3 aromatic rings. The highest BCUT2D eigenvalue weighted by Gasteiger charge is 2.16. The van der Waals surface area contributed by atoms with Crippen molar-refractivity contribution in [2.45, 2.75) is 13.8 Å². The van der Waals surface area contributed by atoms with Crippen molar-refractivity contribution in [2.75, 3.05) is 0 Å². The first-order valence-electron chi connectivity index (χ1n) is 7.04. The van der Waals surface area contributed by atoms with E-state index in [1.807, 2.05) is 32.0 Å². The third kappa shape index (κ3) is 3.29. The Labute approximate surface area is 137 Å². The number of aromatic nitrogens is 1. The fraction of sp³-hybridized carbons (Fsp3) is 0.111. The summed E-state index contributed by atoms with van der Waals surface area (Å²) >= 11 is 1.32. The van der Waals surface area contributed by atoms with E-state index in [1.165, 1.54) is 23.5 Å². The molecule has 0 atom stereocenters. The Hall–Kier alpha value is -2.53. The SMILES string of the molecule is Cc1cccc(C)c1OC(=O)c1csc(-c2ccc(F)cc2)n1. The molecule has 1 heterocycles. The zero-order valence-corrected chi connectivity index (χ0v) is 13.5. The van der Waals surface area contributed by atoms with Crippen molar-refractivity contribution in [2.24, 2.45) is 0 Å². The van der Waals surface area contributed by atoms with E-state index in [4.69, 9.17) is 4.74 Å². The quantitative estimate of drug-likeness (QED) is 0.513. The topological polar surface area (TPSA) is 39.2 Å². The van der Waals surface area contributed by atoms with E-state index in [0.717, 1.165) is 16.7 Å². The van der Waals surface area contributed by atoms with Crippen LogP contribution in [-0.2, 0) is 0 Å². The van der Waals surface area contributed by atoms with Gasteiger partial charge in [0.1, 0.15) is 16.6 Å². The molecule has 0 spiro atoms. The summed E-state index contributed by atoms with van der Waals surface area (Å²) in [6.45, 7) is 3.78. The maximum Gasteiger partial charge on any atom is 0.363 e. The summed E-state index contributed by atoms with van der Waals surface area (Å²) in [5.41, 5.74) is 2.80. The number of halogens is 1. The predicted molar refractivity (Wildman–Crippen MR) is 88.4 cm³/mol. The molecule has 0 N–H and O–H groups in total. The van der Waals surface area contributed by atoms with Gasteiger partial charge in [-0.25, -0.2) is 14.2 Å². The summed E-state index contributed by atoms with van der Waals surface area (Å²) < 4.78 is 18.4. The molecular weight excluding hydrogens is 313 g/mol. The fourth-order valence-electron chi connectivity index (χ4n) is 2.20. The van der Waals surface area contributed by atoms with Gasteiger partial charge in [0.05, 0.1) is 0 Å². The molecule has 3 nitrogen and oxygen atoms in total. The third-order valence-corrected chi connectivity index (χ3v) is 4.30. The van der Waals surface area contributed by atoms with Crippen molar-refractivity contribution < 1.29 is 13.9 Å². The molecule has 0 radical (unpaired) electrons. The summed E-state index contributed by atoms with van der Waals surface area (Å²) in [4.78, 5) is 16.6. The molecule has 1 aromatic heterocycles. The molecule has 0 amide bonds. The van der Waals surface area contributed by atoms with E-state index in [9.17, 15) is 9.18 Å². The van der Waals surface area contributed by atoms with Gasteiger partial charge >= 0.3 is 5.97 Å². The second kappa shape index (κ2) is 6.30. The highest BCUT2D eigenvalue weighted by atomic mass is 32.1. The van der Waals surface area contributed by atoms with Gasteiger partial charge in [-0.05, 0) is 49.2 Å². The normalized spacial score (nSPS) is 10.6. The minimum absolute atomic E-state index is 0.247. The van der Waals surface area contributed by atoms with Crippen LogP contribution in [0.1, 0.15) is 21.6 Å². The molecule has 0 saturated carbocycles. The summed E-state index contributed by atoms with van der Waals surface area (Å²) in [5, 5.41) is 2.30. The Morgan fingerprint density at radius 2 is 1.74 bits per heavy atom. The molecular formula is C18H14FNO2S. The molecule has 5 heteroatoms. The highest BCUT2D eigenvalue weighted by Crippen LogP contribution is 2.26. The zero-order valence-electron chi connectivity index (χ0n) is 12.7. The van der Waals surface area contributed by atoms with Crippen LogP contribution in [0.4, 0.5) is 4.39 Å². The van der Waals surface area contributed by atoms with Gasteiger partial charge in [0, 0.05) is 10.9 Å². The van der Waals surface area contributed by atoms with Crippen LogP contribution in [0.3, 0.4) is 0 Å². The first kappa shape index (κ1) is 15.4. The van der Waals surface area contributed by atoms with Crippen molar-refractivity contribution >= 4 is 17.3 Å². The maximum atomic E-state index is 13.0. The maximum absolute atomic E-state index is 13.0. The standard InChI is InChI=1S/C18H14FNO2S/c1-11-4-3-5-12(2)16(11)22-18(21)15-10-23-17(20-15)13-6-8-14(19)9-7-13/h3-10H,1-2H3. The van der Waals surface area contributed by atoms with E-state index in [2.05, 4.69) is 4.98 Å². The molecule has 116 valence electrons. The molecule has 0 saturated heterocycles. The van der Waals surface area contributed by atoms with Crippen LogP contribution < -0.4 is 4.74 Å². The monoisotopic (exact) mass is 327 g/mol. The number of rotatable bonds is 3. The van der Waals surface area contributed by atoms with Crippen LogP contribution in [0.2, 0.25) is 0 Å². The van der Waals surface area contributed by atoms with Gasteiger partial charge in [0.15, 0.2) is 5.69 Å². The van der Waals surface area contributed by atoms with Crippen molar-refractivity contribution in [3.8, 4) is 16.3 Å². The van der Waals surface area contributed by atoms with Crippen molar-refractivity contribution in [3.63, 3.8) is 0 Å². The Morgan fingerprint density at radius 3 is 2.39 bits per heavy atom. The van der Waals surface area contributed by atoms with Gasteiger partial charge in [0.25, 0.3) is 0 Å². The van der Waals surface area contributed by atoms with Crippen molar-refractivity contribution in [3.05, 3.63) is 70.5 Å². The number of esters is 1. The Morgan fingerprint density at radius 1 is 1.09 bits per heavy atom. The van der Waals surface area contributed by atoms with Crippen LogP contribution >= 0.6 is 11.3 Å². The molecule has 0 aliphatic carbocycles.